The summed E-state index contributed by atoms with van der Waals surface area (Å²) in [4.78, 5) is 4.31. The zero-order chi connectivity index (χ0) is 14.7. The first-order chi connectivity index (χ1) is 9.49. The van der Waals surface area contributed by atoms with E-state index in [0.717, 1.165) is 29.2 Å². The fourth-order valence-corrected chi connectivity index (χ4v) is 2.17. The monoisotopic (exact) mass is 275 g/mol. The van der Waals surface area contributed by atoms with Crippen molar-refractivity contribution in [2.45, 2.75) is 34.2 Å². The van der Waals surface area contributed by atoms with Gasteiger partial charge < -0.3 is 9.88 Å². The Kier molecular flexibility index (Phi) is 4.55. The molecule has 20 heavy (non-hydrogen) atoms. The lowest BCUT2D eigenvalue weighted by molar-refractivity contribution is 0.549. The Balaban J connectivity index is 2.30. The Morgan fingerprint density at radius 3 is 2.65 bits per heavy atom. The van der Waals surface area contributed by atoms with Crippen LogP contribution in [0.4, 0.5) is 4.39 Å². The molecule has 1 N–H and O–H groups in total. The predicted octanol–water partition coefficient (Wildman–Crippen LogP) is 3.37. The van der Waals surface area contributed by atoms with Gasteiger partial charge in [-0.15, -0.1) is 0 Å². The van der Waals surface area contributed by atoms with Crippen LogP contribution in [-0.2, 0) is 6.54 Å². The van der Waals surface area contributed by atoms with Gasteiger partial charge in [0, 0.05) is 12.2 Å². The molecule has 0 fully saturated rings. The summed E-state index contributed by atoms with van der Waals surface area (Å²) in [5.41, 5.74) is 4.02. The van der Waals surface area contributed by atoms with Crippen LogP contribution in [0.2, 0.25) is 0 Å². The average molecular weight is 275 g/mol. The molecule has 0 saturated heterocycles. The average Bonchev–Trinajstić information content (AvgIpc) is 2.70. The second-order valence-corrected chi connectivity index (χ2v) is 5.58. The molecule has 0 radical (unpaired) electrons. The van der Waals surface area contributed by atoms with Crippen molar-refractivity contribution in [1.29, 1.82) is 0 Å². The molecule has 2 rings (SSSR count). The van der Waals surface area contributed by atoms with Crippen molar-refractivity contribution >= 4 is 0 Å². The van der Waals surface area contributed by atoms with Crippen molar-refractivity contribution < 1.29 is 4.39 Å². The second-order valence-electron chi connectivity index (χ2n) is 5.58. The van der Waals surface area contributed by atoms with Gasteiger partial charge in [-0.25, -0.2) is 9.37 Å². The van der Waals surface area contributed by atoms with Crippen LogP contribution in [0.25, 0.3) is 5.69 Å². The number of halogens is 1. The number of hydrogen-bond acceptors (Lipinski definition) is 2. The van der Waals surface area contributed by atoms with Crippen LogP contribution in [-0.4, -0.2) is 16.1 Å². The van der Waals surface area contributed by atoms with E-state index in [1.807, 2.05) is 24.5 Å². The molecule has 0 amide bonds. The van der Waals surface area contributed by atoms with E-state index in [1.165, 1.54) is 6.07 Å². The van der Waals surface area contributed by atoms with Gasteiger partial charge in [0.05, 0.1) is 17.7 Å². The first-order valence-corrected chi connectivity index (χ1v) is 6.99. The smallest absolute Gasteiger partial charge is 0.123 e. The lowest BCUT2D eigenvalue weighted by atomic mass is 10.1. The van der Waals surface area contributed by atoms with Crippen molar-refractivity contribution in [2.24, 2.45) is 5.92 Å². The topological polar surface area (TPSA) is 29.9 Å². The first-order valence-electron chi connectivity index (χ1n) is 6.99. The third kappa shape index (κ3) is 3.25. The summed E-state index contributed by atoms with van der Waals surface area (Å²) in [7, 11) is 0. The summed E-state index contributed by atoms with van der Waals surface area (Å²) in [5, 5.41) is 3.36. The number of nitrogens with zero attached hydrogens (tertiary/aromatic N) is 2. The van der Waals surface area contributed by atoms with Crippen LogP contribution in [0, 0.1) is 25.6 Å². The minimum Gasteiger partial charge on any atom is -0.312 e. The fraction of sp³-hybridized carbons (Fsp3) is 0.438. The molecule has 1 aromatic carbocycles. The van der Waals surface area contributed by atoms with Crippen molar-refractivity contribution in [3.05, 3.63) is 47.3 Å². The van der Waals surface area contributed by atoms with Gasteiger partial charge in [-0.2, -0.15) is 0 Å². The molecule has 0 atom stereocenters. The van der Waals surface area contributed by atoms with Gasteiger partial charge in [0.15, 0.2) is 0 Å². The van der Waals surface area contributed by atoms with Crippen molar-refractivity contribution in [3.8, 4) is 5.69 Å². The van der Waals surface area contributed by atoms with Gasteiger partial charge in [-0.05, 0) is 50.1 Å². The molecule has 0 aliphatic carbocycles. The normalized spacial score (nSPS) is 11.3. The molecule has 0 aliphatic rings. The SMILES string of the molecule is Cc1ncn(-c2ccc(F)cc2CNCC(C)C)c1C. The highest BCUT2D eigenvalue weighted by atomic mass is 19.1. The van der Waals surface area contributed by atoms with Crippen molar-refractivity contribution in [2.75, 3.05) is 6.54 Å². The number of nitrogens with one attached hydrogen (secondary N) is 1. The van der Waals surface area contributed by atoms with E-state index in [4.69, 9.17) is 0 Å². The van der Waals surface area contributed by atoms with Crippen LogP contribution >= 0.6 is 0 Å². The number of imidazole rings is 1. The molecule has 2 aromatic rings. The molecular formula is C16H22FN3. The molecular weight excluding hydrogens is 253 g/mol. The summed E-state index contributed by atoms with van der Waals surface area (Å²) < 4.78 is 15.5. The molecule has 4 heteroatoms. The zero-order valence-electron chi connectivity index (χ0n) is 12.6. The quantitative estimate of drug-likeness (QED) is 0.906. The largest absolute Gasteiger partial charge is 0.312 e. The number of hydrogen-bond donors (Lipinski definition) is 1. The van der Waals surface area contributed by atoms with E-state index in [2.05, 4.69) is 24.1 Å². The molecule has 108 valence electrons. The highest BCUT2D eigenvalue weighted by Crippen LogP contribution is 2.19. The molecule has 1 heterocycles. The fourth-order valence-electron chi connectivity index (χ4n) is 2.17. The molecule has 0 aliphatic heterocycles. The van der Waals surface area contributed by atoms with Crippen molar-refractivity contribution in [3.63, 3.8) is 0 Å². The Morgan fingerprint density at radius 2 is 2.05 bits per heavy atom. The summed E-state index contributed by atoms with van der Waals surface area (Å²) in [6.45, 7) is 9.88. The van der Waals surface area contributed by atoms with Gasteiger partial charge >= 0.3 is 0 Å². The Morgan fingerprint density at radius 1 is 1.30 bits per heavy atom. The predicted molar refractivity (Wildman–Crippen MR) is 79.5 cm³/mol. The van der Waals surface area contributed by atoms with Crippen LogP contribution in [0.5, 0.6) is 0 Å². The minimum atomic E-state index is -0.204. The number of benzene rings is 1. The van der Waals surface area contributed by atoms with Crippen LogP contribution in [0.1, 0.15) is 30.8 Å². The van der Waals surface area contributed by atoms with Gasteiger partial charge in [0.2, 0.25) is 0 Å². The zero-order valence-corrected chi connectivity index (χ0v) is 12.6. The lowest BCUT2D eigenvalue weighted by Crippen LogP contribution is -2.20. The Labute approximate surface area is 119 Å². The maximum Gasteiger partial charge on any atom is 0.123 e. The van der Waals surface area contributed by atoms with E-state index in [0.29, 0.717) is 12.5 Å². The number of aryl methyl sites for hydroxylation is 1. The Bertz CT molecular complexity index is 587. The van der Waals surface area contributed by atoms with Gasteiger partial charge in [0.25, 0.3) is 0 Å². The van der Waals surface area contributed by atoms with E-state index in [1.54, 1.807) is 12.4 Å². The first kappa shape index (κ1) is 14.7. The van der Waals surface area contributed by atoms with Crippen LogP contribution in [0.3, 0.4) is 0 Å². The van der Waals surface area contributed by atoms with Gasteiger partial charge in [-0.1, -0.05) is 13.8 Å². The molecule has 3 nitrogen and oxygen atoms in total. The maximum atomic E-state index is 13.5. The molecule has 0 saturated carbocycles. The maximum absolute atomic E-state index is 13.5. The molecule has 0 spiro atoms. The standard InChI is InChI=1S/C16H22FN3/c1-11(2)8-18-9-14-7-15(17)5-6-16(14)20-10-19-12(3)13(20)4/h5-7,10-11,18H,8-9H2,1-4H3. The third-order valence-electron chi connectivity index (χ3n) is 3.42. The molecule has 1 aromatic heterocycles. The molecule has 0 bridgehead atoms. The van der Waals surface area contributed by atoms with Gasteiger partial charge in [0.1, 0.15) is 5.82 Å². The van der Waals surface area contributed by atoms with E-state index in [9.17, 15) is 4.39 Å². The van der Waals surface area contributed by atoms with Gasteiger partial charge in [-0.3, -0.25) is 0 Å². The lowest BCUT2D eigenvalue weighted by Gasteiger charge is -2.14. The van der Waals surface area contributed by atoms with Crippen LogP contribution < -0.4 is 5.32 Å². The number of rotatable bonds is 5. The third-order valence-corrected chi connectivity index (χ3v) is 3.42. The number of aromatic nitrogens is 2. The summed E-state index contributed by atoms with van der Waals surface area (Å²) in [6, 6.07) is 4.91. The van der Waals surface area contributed by atoms with Crippen molar-refractivity contribution in [1.82, 2.24) is 14.9 Å². The highest BCUT2D eigenvalue weighted by Gasteiger charge is 2.10. The van der Waals surface area contributed by atoms with E-state index < -0.39 is 0 Å². The minimum absolute atomic E-state index is 0.204. The van der Waals surface area contributed by atoms with E-state index in [-0.39, 0.29) is 5.82 Å². The van der Waals surface area contributed by atoms with Crippen LogP contribution in [0.15, 0.2) is 24.5 Å². The highest BCUT2D eigenvalue weighted by molar-refractivity contribution is 5.43. The summed E-state index contributed by atoms with van der Waals surface area (Å²) in [6.07, 6.45) is 1.80. The second kappa shape index (κ2) is 6.18. The molecule has 0 unspecified atom stereocenters. The van der Waals surface area contributed by atoms with E-state index >= 15 is 0 Å². The Hall–Kier alpha value is -1.68. The summed E-state index contributed by atoms with van der Waals surface area (Å²) >= 11 is 0. The summed E-state index contributed by atoms with van der Waals surface area (Å²) in [5.74, 6) is 0.369.